The second kappa shape index (κ2) is 36.0. The number of carbonyl (C=O) groups excluding carboxylic acids is 2. The number of allylic oxidation sites excluding steroid dienone is 6. The van der Waals surface area contributed by atoms with Gasteiger partial charge in [0.2, 0.25) is 0 Å². The van der Waals surface area contributed by atoms with Gasteiger partial charge in [-0.2, -0.15) is 0 Å². The first kappa shape index (κ1) is 47.2. The Morgan fingerprint density at radius 2 is 1.12 bits per heavy atom. The maximum Gasteiger partial charge on any atom is 0.472 e. The van der Waals surface area contributed by atoms with E-state index in [1.165, 1.54) is 64.2 Å². The van der Waals surface area contributed by atoms with E-state index in [9.17, 15) is 19.0 Å². The Morgan fingerprint density at radius 3 is 1.67 bits per heavy atom. The Balaban J connectivity index is 4.23. The molecular weight excluding hydrogens is 641 g/mol. The maximum absolute atomic E-state index is 12.5. The summed E-state index contributed by atoms with van der Waals surface area (Å²) in [5, 5.41) is 0. The fraction of sp³-hybridized carbons (Fsp3) is 0.795. The van der Waals surface area contributed by atoms with Crippen molar-refractivity contribution >= 4 is 19.8 Å². The Kier molecular flexibility index (Phi) is 34.7. The first-order valence-electron chi connectivity index (χ1n) is 19.5. The van der Waals surface area contributed by atoms with Crippen molar-refractivity contribution in [3.63, 3.8) is 0 Å². The molecule has 0 bridgehead atoms. The minimum Gasteiger partial charge on any atom is -0.462 e. The van der Waals surface area contributed by atoms with Crippen molar-refractivity contribution in [3.05, 3.63) is 36.5 Å². The highest BCUT2D eigenvalue weighted by molar-refractivity contribution is 7.47. The number of phosphoric acid groups is 1. The molecule has 49 heavy (non-hydrogen) atoms. The van der Waals surface area contributed by atoms with Crippen LogP contribution in [0, 0.1) is 0 Å². The van der Waals surface area contributed by atoms with Crippen LogP contribution in [0.15, 0.2) is 36.5 Å². The van der Waals surface area contributed by atoms with Crippen LogP contribution in [-0.2, 0) is 32.7 Å². The van der Waals surface area contributed by atoms with E-state index < -0.39 is 32.5 Å². The van der Waals surface area contributed by atoms with Gasteiger partial charge in [-0.15, -0.1) is 0 Å². The van der Waals surface area contributed by atoms with Crippen LogP contribution < -0.4 is 5.73 Å². The molecule has 0 radical (unpaired) electrons. The summed E-state index contributed by atoms with van der Waals surface area (Å²) in [6.45, 7) is 3.59. The number of ether oxygens (including phenoxy) is 2. The Morgan fingerprint density at radius 1 is 0.633 bits per heavy atom. The molecule has 3 N–H and O–H groups in total. The van der Waals surface area contributed by atoms with Crippen LogP contribution in [0.2, 0.25) is 0 Å². The van der Waals surface area contributed by atoms with E-state index in [0.29, 0.717) is 12.8 Å². The Hall–Kier alpha value is -1.77. The molecule has 0 heterocycles. The van der Waals surface area contributed by atoms with E-state index in [-0.39, 0.29) is 32.6 Å². The maximum atomic E-state index is 12.5. The molecule has 0 aliphatic carbocycles. The summed E-state index contributed by atoms with van der Waals surface area (Å²) < 4.78 is 32.6. The number of esters is 2. The van der Waals surface area contributed by atoms with Gasteiger partial charge in [0.1, 0.15) is 6.61 Å². The molecule has 0 aliphatic heterocycles. The number of hydrogen-bond donors (Lipinski definition) is 2. The van der Waals surface area contributed by atoms with Gasteiger partial charge < -0.3 is 20.1 Å². The average molecular weight is 714 g/mol. The third kappa shape index (κ3) is 35.8. The van der Waals surface area contributed by atoms with Crippen molar-refractivity contribution < 1.29 is 37.6 Å². The van der Waals surface area contributed by atoms with Crippen LogP contribution >= 0.6 is 7.82 Å². The van der Waals surface area contributed by atoms with Crippen LogP contribution in [0.4, 0.5) is 0 Å². The number of rotatable bonds is 36. The number of unbranched alkanes of at least 4 members (excludes halogenated alkanes) is 17. The molecule has 10 heteroatoms. The zero-order chi connectivity index (χ0) is 36.1. The SMILES string of the molecule is CC/C=C\C/C=C\C/C=C\CCCCCCCC(=O)OC[C@H](COP(=O)(O)OCCN)OC(=O)CCCCCCCCCCCCCCC. The molecule has 2 atom stereocenters. The summed E-state index contributed by atoms with van der Waals surface area (Å²) in [7, 11) is -4.37. The summed E-state index contributed by atoms with van der Waals surface area (Å²) in [6.07, 6.45) is 37.4. The number of nitrogens with two attached hydrogens (primary N) is 1. The van der Waals surface area contributed by atoms with Gasteiger partial charge >= 0.3 is 19.8 Å². The largest absolute Gasteiger partial charge is 0.472 e. The Labute approximate surface area is 299 Å². The lowest BCUT2D eigenvalue weighted by molar-refractivity contribution is -0.161. The predicted octanol–water partition coefficient (Wildman–Crippen LogP) is 10.6. The second-order valence-electron chi connectivity index (χ2n) is 12.8. The summed E-state index contributed by atoms with van der Waals surface area (Å²) in [4.78, 5) is 34.7. The van der Waals surface area contributed by atoms with Crippen LogP contribution in [-0.4, -0.2) is 49.3 Å². The zero-order valence-electron chi connectivity index (χ0n) is 31.2. The van der Waals surface area contributed by atoms with E-state index in [2.05, 4.69) is 50.3 Å². The molecule has 1 unspecified atom stereocenters. The molecule has 0 amide bonds. The lowest BCUT2D eigenvalue weighted by atomic mass is 10.0. The molecule has 0 spiro atoms. The van der Waals surface area contributed by atoms with Gasteiger partial charge in [-0.3, -0.25) is 18.6 Å². The second-order valence-corrected chi connectivity index (χ2v) is 14.2. The van der Waals surface area contributed by atoms with Crippen molar-refractivity contribution in [1.82, 2.24) is 0 Å². The van der Waals surface area contributed by atoms with Gasteiger partial charge in [0.05, 0.1) is 13.2 Å². The molecule has 0 fully saturated rings. The minimum absolute atomic E-state index is 0.0511. The van der Waals surface area contributed by atoms with Crippen LogP contribution in [0.1, 0.15) is 168 Å². The molecular formula is C39H72NO8P. The predicted molar refractivity (Wildman–Crippen MR) is 201 cm³/mol. The average Bonchev–Trinajstić information content (AvgIpc) is 3.08. The molecule has 9 nitrogen and oxygen atoms in total. The smallest absolute Gasteiger partial charge is 0.462 e. The zero-order valence-corrected chi connectivity index (χ0v) is 32.1. The highest BCUT2D eigenvalue weighted by Gasteiger charge is 2.25. The number of phosphoric ester groups is 1. The van der Waals surface area contributed by atoms with E-state index in [1.54, 1.807) is 0 Å². The normalized spacial score (nSPS) is 13.8. The molecule has 0 aromatic heterocycles. The van der Waals surface area contributed by atoms with E-state index in [1.807, 2.05) is 0 Å². The molecule has 0 aliphatic rings. The van der Waals surface area contributed by atoms with Gasteiger partial charge in [-0.1, -0.05) is 147 Å². The van der Waals surface area contributed by atoms with Gasteiger partial charge in [-0.25, -0.2) is 4.57 Å². The van der Waals surface area contributed by atoms with Gasteiger partial charge in [0.15, 0.2) is 6.10 Å². The topological polar surface area (TPSA) is 134 Å². The lowest BCUT2D eigenvalue weighted by Crippen LogP contribution is -2.29. The van der Waals surface area contributed by atoms with Crippen molar-refractivity contribution in [3.8, 4) is 0 Å². The number of carbonyl (C=O) groups is 2. The van der Waals surface area contributed by atoms with Crippen molar-refractivity contribution in [2.24, 2.45) is 5.73 Å². The molecule has 286 valence electrons. The summed E-state index contributed by atoms with van der Waals surface area (Å²) in [5.74, 6) is -0.847. The van der Waals surface area contributed by atoms with Crippen LogP contribution in [0.25, 0.3) is 0 Å². The first-order chi connectivity index (χ1) is 23.8. The quantitative estimate of drug-likeness (QED) is 0.0281. The molecule has 0 aromatic rings. The van der Waals surface area contributed by atoms with Crippen LogP contribution in [0.5, 0.6) is 0 Å². The van der Waals surface area contributed by atoms with E-state index >= 15 is 0 Å². The standard InChI is InChI=1S/C39H72NO8P/c1-3-5-7-9-11-13-15-17-18-20-21-23-25-27-29-31-38(41)45-35-37(36-47-49(43,44)46-34-33-40)48-39(42)32-30-28-26-24-22-19-16-14-12-10-8-6-4-2/h5,7,11,13,17-18,37H,3-4,6,8-10,12,14-16,19-36,40H2,1-2H3,(H,43,44)/b7-5-,13-11-,18-17-/t37-/m1/s1. The fourth-order valence-corrected chi connectivity index (χ4v) is 5.94. The summed E-state index contributed by atoms with van der Waals surface area (Å²) in [5.41, 5.74) is 5.33. The highest BCUT2D eigenvalue weighted by Crippen LogP contribution is 2.43. The van der Waals surface area contributed by atoms with E-state index in [0.717, 1.165) is 64.2 Å². The fourth-order valence-electron chi connectivity index (χ4n) is 5.18. The third-order valence-corrected chi connectivity index (χ3v) is 9.02. The summed E-state index contributed by atoms with van der Waals surface area (Å²) >= 11 is 0. The Bertz CT molecular complexity index is 907. The lowest BCUT2D eigenvalue weighted by Gasteiger charge is -2.19. The third-order valence-electron chi connectivity index (χ3n) is 8.04. The van der Waals surface area contributed by atoms with Gasteiger partial charge in [0, 0.05) is 19.4 Å². The molecule has 0 saturated carbocycles. The van der Waals surface area contributed by atoms with Crippen molar-refractivity contribution in [1.29, 1.82) is 0 Å². The van der Waals surface area contributed by atoms with Gasteiger partial charge in [0.25, 0.3) is 0 Å². The minimum atomic E-state index is -4.37. The van der Waals surface area contributed by atoms with Gasteiger partial charge in [-0.05, 0) is 44.9 Å². The molecule has 0 saturated heterocycles. The van der Waals surface area contributed by atoms with E-state index in [4.69, 9.17) is 24.3 Å². The summed E-state index contributed by atoms with van der Waals surface area (Å²) in [6, 6.07) is 0. The first-order valence-corrected chi connectivity index (χ1v) is 21.0. The number of hydrogen-bond acceptors (Lipinski definition) is 8. The van der Waals surface area contributed by atoms with Crippen LogP contribution in [0.3, 0.4) is 0 Å². The monoisotopic (exact) mass is 713 g/mol. The molecule has 0 aromatic carbocycles. The van der Waals surface area contributed by atoms with Crippen molar-refractivity contribution in [2.45, 2.75) is 174 Å². The highest BCUT2D eigenvalue weighted by atomic mass is 31.2. The molecule has 0 rings (SSSR count). The van der Waals surface area contributed by atoms with Crippen molar-refractivity contribution in [2.75, 3.05) is 26.4 Å².